The van der Waals surface area contributed by atoms with Gasteiger partial charge in [-0.05, 0) is 31.0 Å². The van der Waals surface area contributed by atoms with E-state index in [4.69, 9.17) is 4.52 Å². The second-order valence-corrected chi connectivity index (χ2v) is 5.32. The molecule has 0 atom stereocenters. The predicted octanol–water partition coefficient (Wildman–Crippen LogP) is 2.93. The van der Waals surface area contributed by atoms with E-state index in [1.54, 1.807) is 13.0 Å². The number of hydrogen-bond donors (Lipinski definition) is 1. The molecule has 0 aliphatic rings. The van der Waals surface area contributed by atoms with Crippen molar-refractivity contribution < 1.29 is 14.1 Å². The molecule has 2 aromatic rings. The van der Waals surface area contributed by atoms with Crippen LogP contribution < -0.4 is 10.2 Å². The van der Waals surface area contributed by atoms with Gasteiger partial charge in [0.1, 0.15) is 5.76 Å². The van der Waals surface area contributed by atoms with Crippen LogP contribution in [0, 0.1) is 6.92 Å². The molecule has 2 rings (SSSR count). The number of carbonyl (C=O) groups excluding carboxylic acids is 2. The predicted molar refractivity (Wildman–Crippen MR) is 88.3 cm³/mol. The first-order valence-electron chi connectivity index (χ1n) is 7.59. The lowest BCUT2D eigenvalue weighted by molar-refractivity contribution is -0.117. The Morgan fingerprint density at radius 1 is 1.26 bits per heavy atom. The first-order chi connectivity index (χ1) is 11.0. The van der Waals surface area contributed by atoms with Crippen molar-refractivity contribution in [1.29, 1.82) is 0 Å². The summed E-state index contributed by atoms with van der Waals surface area (Å²) < 4.78 is 4.98. The van der Waals surface area contributed by atoms with Crippen molar-refractivity contribution in [2.24, 2.45) is 0 Å². The number of nitrogens with one attached hydrogen (secondary N) is 1. The SMILES string of the molecule is CCc1ccc(NC(=O)CCN(C(C)=O)c2cc(C)on2)cc1. The number of carbonyl (C=O) groups is 2. The lowest BCUT2D eigenvalue weighted by atomic mass is 10.1. The van der Waals surface area contributed by atoms with E-state index in [1.165, 1.54) is 17.4 Å². The molecule has 1 aromatic carbocycles. The molecule has 122 valence electrons. The van der Waals surface area contributed by atoms with Gasteiger partial charge in [-0.1, -0.05) is 24.2 Å². The Morgan fingerprint density at radius 3 is 2.48 bits per heavy atom. The number of hydrogen-bond acceptors (Lipinski definition) is 4. The summed E-state index contributed by atoms with van der Waals surface area (Å²) in [5.74, 6) is 0.709. The van der Waals surface area contributed by atoms with Gasteiger partial charge < -0.3 is 9.84 Å². The van der Waals surface area contributed by atoms with Crippen molar-refractivity contribution in [3.63, 3.8) is 0 Å². The zero-order chi connectivity index (χ0) is 16.8. The van der Waals surface area contributed by atoms with Crippen molar-refractivity contribution in [2.45, 2.75) is 33.6 Å². The molecule has 1 N–H and O–H groups in total. The van der Waals surface area contributed by atoms with E-state index in [2.05, 4.69) is 17.4 Å². The van der Waals surface area contributed by atoms with Crippen molar-refractivity contribution in [3.05, 3.63) is 41.7 Å². The number of nitrogens with zero attached hydrogens (tertiary/aromatic N) is 2. The highest BCUT2D eigenvalue weighted by Gasteiger charge is 2.16. The molecule has 0 aliphatic carbocycles. The molecular formula is C17H21N3O3. The Hall–Kier alpha value is -2.63. The first kappa shape index (κ1) is 16.7. The molecule has 0 fully saturated rings. The topological polar surface area (TPSA) is 75.4 Å². The van der Waals surface area contributed by atoms with Crippen LogP contribution in [0.15, 0.2) is 34.9 Å². The summed E-state index contributed by atoms with van der Waals surface area (Å²) in [5, 5.41) is 6.64. The fourth-order valence-electron chi connectivity index (χ4n) is 2.17. The van der Waals surface area contributed by atoms with Crippen LogP contribution in [0.1, 0.15) is 31.6 Å². The molecule has 0 saturated carbocycles. The molecule has 0 unspecified atom stereocenters. The average molecular weight is 315 g/mol. The van der Waals surface area contributed by atoms with Gasteiger partial charge in [0, 0.05) is 31.6 Å². The Morgan fingerprint density at radius 2 is 1.96 bits per heavy atom. The molecule has 23 heavy (non-hydrogen) atoms. The van der Waals surface area contributed by atoms with Gasteiger partial charge in [0.15, 0.2) is 5.82 Å². The van der Waals surface area contributed by atoms with Gasteiger partial charge in [-0.2, -0.15) is 0 Å². The molecule has 6 heteroatoms. The Bertz CT molecular complexity index is 677. The van der Waals surface area contributed by atoms with Crippen LogP contribution in [0.3, 0.4) is 0 Å². The molecule has 0 spiro atoms. The Labute approximate surface area is 135 Å². The zero-order valence-electron chi connectivity index (χ0n) is 13.6. The molecule has 0 aliphatic heterocycles. The highest BCUT2D eigenvalue weighted by atomic mass is 16.5. The number of amides is 2. The number of aromatic nitrogens is 1. The number of rotatable bonds is 6. The van der Waals surface area contributed by atoms with E-state index in [0.717, 1.165) is 12.1 Å². The minimum atomic E-state index is -0.182. The van der Waals surface area contributed by atoms with E-state index in [9.17, 15) is 9.59 Å². The van der Waals surface area contributed by atoms with Gasteiger partial charge in [-0.25, -0.2) is 0 Å². The third kappa shape index (κ3) is 4.67. The van der Waals surface area contributed by atoms with Gasteiger partial charge in [0.25, 0.3) is 0 Å². The largest absolute Gasteiger partial charge is 0.360 e. The lowest BCUT2D eigenvalue weighted by Crippen LogP contribution is -2.32. The third-order valence-electron chi connectivity index (χ3n) is 3.48. The number of aryl methyl sites for hydroxylation is 2. The smallest absolute Gasteiger partial charge is 0.226 e. The van der Waals surface area contributed by atoms with Gasteiger partial charge in [0.05, 0.1) is 0 Å². The molecule has 1 heterocycles. The van der Waals surface area contributed by atoms with E-state index in [0.29, 0.717) is 11.6 Å². The van der Waals surface area contributed by atoms with Gasteiger partial charge in [0.2, 0.25) is 11.8 Å². The Kier molecular flexibility index (Phi) is 5.51. The van der Waals surface area contributed by atoms with Crippen molar-refractivity contribution in [2.75, 3.05) is 16.8 Å². The fourth-order valence-corrected chi connectivity index (χ4v) is 2.17. The zero-order valence-corrected chi connectivity index (χ0v) is 13.6. The van der Waals surface area contributed by atoms with Gasteiger partial charge >= 0.3 is 0 Å². The second-order valence-electron chi connectivity index (χ2n) is 5.32. The van der Waals surface area contributed by atoms with E-state index >= 15 is 0 Å². The van der Waals surface area contributed by atoms with Gasteiger partial charge in [-0.3, -0.25) is 14.5 Å². The van der Waals surface area contributed by atoms with Crippen molar-refractivity contribution in [3.8, 4) is 0 Å². The van der Waals surface area contributed by atoms with E-state index < -0.39 is 0 Å². The van der Waals surface area contributed by atoms with Crippen molar-refractivity contribution in [1.82, 2.24) is 5.16 Å². The summed E-state index contributed by atoms with van der Waals surface area (Å²) in [6.45, 7) is 5.52. The molecule has 0 radical (unpaired) electrons. The monoisotopic (exact) mass is 315 g/mol. The first-order valence-corrected chi connectivity index (χ1v) is 7.59. The van der Waals surface area contributed by atoms with Crippen LogP contribution in [0.2, 0.25) is 0 Å². The van der Waals surface area contributed by atoms with Crippen LogP contribution in [0.5, 0.6) is 0 Å². The maximum Gasteiger partial charge on any atom is 0.226 e. The number of anilines is 2. The van der Waals surface area contributed by atoms with Gasteiger partial charge in [-0.15, -0.1) is 0 Å². The average Bonchev–Trinajstić information content (AvgIpc) is 2.94. The standard InChI is InChI=1S/C17H21N3O3/c1-4-14-5-7-15(8-6-14)18-17(22)9-10-20(13(3)21)16-11-12(2)23-19-16/h5-8,11H,4,9-10H2,1-3H3,(H,18,22). The van der Waals surface area contributed by atoms with Crippen LogP contribution in [0.4, 0.5) is 11.5 Å². The summed E-state index contributed by atoms with van der Waals surface area (Å²) in [5.41, 5.74) is 1.96. The minimum absolute atomic E-state index is 0.152. The van der Waals surface area contributed by atoms with Crippen LogP contribution in [0.25, 0.3) is 0 Å². The van der Waals surface area contributed by atoms with E-state index in [-0.39, 0.29) is 24.8 Å². The minimum Gasteiger partial charge on any atom is -0.360 e. The number of benzene rings is 1. The van der Waals surface area contributed by atoms with Crippen molar-refractivity contribution >= 4 is 23.3 Å². The molecule has 2 amide bonds. The third-order valence-corrected chi connectivity index (χ3v) is 3.48. The highest BCUT2D eigenvalue weighted by Crippen LogP contribution is 2.15. The van der Waals surface area contributed by atoms with Crippen LogP contribution in [-0.2, 0) is 16.0 Å². The summed E-state index contributed by atoms with van der Waals surface area (Å²) in [7, 11) is 0. The molecule has 6 nitrogen and oxygen atoms in total. The lowest BCUT2D eigenvalue weighted by Gasteiger charge is -2.17. The van der Waals surface area contributed by atoms with Crippen LogP contribution >= 0.6 is 0 Å². The highest BCUT2D eigenvalue weighted by molar-refractivity contribution is 5.94. The maximum absolute atomic E-state index is 12.0. The Balaban J connectivity index is 1.92. The summed E-state index contributed by atoms with van der Waals surface area (Å²) in [6, 6.07) is 9.38. The van der Waals surface area contributed by atoms with E-state index in [1.807, 2.05) is 24.3 Å². The molecular weight excluding hydrogens is 294 g/mol. The van der Waals surface area contributed by atoms with Crippen LogP contribution in [-0.4, -0.2) is 23.5 Å². The molecule has 0 saturated heterocycles. The summed E-state index contributed by atoms with van der Waals surface area (Å²) in [4.78, 5) is 25.2. The normalized spacial score (nSPS) is 10.4. The molecule has 0 bridgehead atoms. The summed E-state index contributed by atoms with van der Waals surface area (Å²) in [6.07, 6.45) is 1.14. The quantitative estimate of drug-likeness (QED) is 0.889. The maximum atomic E-state index is 12.0. The molecule has 1 aromatic heterocycles. The summed E-state index contributed by atoms with van der Waals surface area (Å²) >= 11 is 0. The fraction of sp³-hybridized carbons (Fsp3) is 0.353. The second kappa shape index (κ2) is 7.58.